The maximum Gasteiger partial charge on any atom is 0.0541 e. The van der Waals surface area contributed by atoms with Gasteiger partial charge in [-0.1, -0.05) is 184 Å². The molecule has 1 unspecified atom stereocenters. The molecule has 2 aliphatic carbocycles. The third-order valence-electron chi connectivity index (χ3n) is 14.0. The van der Waals surface area contributed by atoms with Crippen molar-refractivity contribution in [2.45, 2.75) is 31.6 Å². The number of hydrogen-bond acceptors (Lipinski definition) is 1. The van der Waals surface area contributed by atoms with Gasteiger partial charge in [0.2, 0.25) is 0 Å². The number of aromatic nitrogens is 1. The van der Waals surface area contributed by atoms with Gasteiger partial charge >= 0.3 is 0 Å². The molecule has 1 atom stereocenters. The normalized spacial score (nSPS) is 14.9. The van der Waals surface area contributed by atoms with Gasteiger partial charge in [0.15, 0.2) is 0 Å². The predicted molar refractivity (Wildman–Crippen MR) is 274 cm³/mol. The summed E-state index contributed by atoms with van der Waals surface area (Å²) in [6.45, 7) is 4.69. The van der Waals surface area contributed by atoms with Crippen LogP contribution in [-0.4, -0.2) is 4.57 Å². The zero-order valence-corrected chi connectivity index (χ0v) is 36.7. The highest BCUT2D eigenvalue weighted by Gasteiger charge is 2.35. The number of nitrogens with zero attached hydrogens (tertiary/aromatic N) is 2. The molecule has 0 N–H and O–H groups in total. The van der Waals surface area contributed by atoms with Crippen LogP contribution in [0.5, 0.6) is 0 Å². The van der Waals surface area contributed by atoms with Crippen molar-refractivity contribution in [1.29, 1.82) is 0 Å². The molecular weight excluding hydrogens is 785 g/mol. The van der Waals surface area contributed by atoms with Gasteiger partial charge in [0.25, 0.3) is 0 Å². The van der Waals surface area contributed by atoms with Crippen LogP contribution in [0.15, 0.2) is 242 Å². The fourth-order valence-electron chi connectivity index (χ4n) is 10.6. The third-order valence-corrected chi connectivity index (χ3v) is 14.0. The van der Waals surface area contributed by atoms with Gasteiger partial charge in [0, 0.05) is 44.9 Å². The van der Waals surface area contributed by atoms with Crippen LogP contribution in [0, 0.1) is 0 Å². The van der Waals surface area contributed by atoms with E-state index >= 15 is 0 Å². The first kappa shape index (κ1) is 38.7. The smallest absolute Gasteiger partial charge is 0.0541 e. The lowest BCUT2D eigenvalue weighted by atomic mass is 9.82. The predicted octanol–water partition coefficient (Wildman–Crippen LogP) is 16.9. The Hall–Kier alpha value is -7.94. The molecule has 0 aliphatic heterocycles. The largest absolute Gasteiger partial charge is 0.311 e. The third kappa shape index (κ3) is 6.73. The van der Waals surface area contributed by atoms with E-state index in [1.54, 1.807) is 0 Å². The Labute approximate surface area is 381 Å². The molecule has 0 spiro atoms. The zero-order chi connectivity index (χ0) is 43.5. The lowest BCUT2D eigenvalue weighted by Gasteiger charge is -2.29. The Kier molecular flexibility index (Phi) is 9.35. The monoisotopic (exact) mass is 832 g/mol. The average Bonchev–Trinajstić information content (AvgIpc) is 3.82. The molecule has 10 aromatic rings. The summed E-state index contributed by atoms with van der Waals surface area (Å²) in [5.41, 5.74) is 21.1. The number of anilines is 2. The van der Waals surface area contributed by atoms with Crippen LogP contribution in [0.2, 0.25) is 0 Å². The summed E-state index contributed by atoms with van der Waals surface area (Å²) in [7, 11) is 0. The minimum absolute atomic E-state index is 0.0231. The van der Waals surface area contributed by atoms with Gasteiger partial charge in [-0.2, -0.15) is 0 Å². The van der Waals surface area contributed by atoms with Crippen LogP contribution in [0.1, 0.15) is 42.9 Å². The summed E-state index contributed by atoms with van der Waals surface area (Å²) in [6, 6.07) is 80.3. The van der Waals surface area contributed by atoms with E-state index in [0.717, 1.165) is 17.8 Å². The molecule has 0 radical (unpaired) electrons. The fourth-order valence-corrected chi connectivity index (χ4v) is 10.6. The molecule has 0 amide bonds. The van der Waals surface area contributed by atoms with Crippen LogP contribution in [0.25, 0.3) is 72.0 Å². The van der Waals surface area contributed by atoms with E-state index in [1.165, 1.54) is 94.4 Å². The van der Waals surface area contributed by atoms with Gasteiger partial charge in [-0.05, 0) is 134 Å². The van der Waals surface area contributed by atoms with Crippen molar-refractivity contribution in [2.75, 3.05) is 4.90 Å². The Morgan fingerprint density at radius 2 is 1.02 bits per heavy atom. The quantitative estimate of drug-likeness (QED) is 0.148. The van der Waals surface area contributed by atoms with Crippen molar-refractivity contribution in [3.8, 4) is 50.2 Å². The Morgan fingerprint density at radius 1 is 0.446 bits per heavy atom. The first-order valence-electron chi connectivity index (χ1n) is 22.9. The Morgan fingerprint density at radius 3 is 1.75 bits per heavy atom. The molecule has 310 valence electrons. The molecule has 0 saturated heterocycles. The molecule has 1 heterocycles. The van der Waals surface area contributed by atoms with E-state index in [1.807, 2.05) is 0 Å². The van der Waals surface area contributed by atoms with Crippen LogP contribution in [0.4, 0.5) is 11.4 Å². The maximum absolute atomic E-state index is 2.45. The summed E-state index contributed by atoms with van der Waals surface area (Å²) < 4.78 is 2.45. The highest BCUT2D eigenvalue weighted by molar-refractivity contribution is 6.10. The van der Waals surface area contributed by atoms with E-state index < -0.39 is 0 Å². The topological polar surface area (TPSA) is 8.17 Å². The summed E-state index contributed by atoms with van der Waals surface area (Å²) in [6.07, 6.45) is 7.99. The number of benzene rings is 9. The SMILES string of the molecule is CC1(C)c2ccccc2-c2cc(-n3c4ccccc4c4cc(-c5cccc(-c6ccc(N(C7=CCC(c8ccccc8)C=C7)c7ccc(-c8ccccc8)cc7)cc6)c5)ccc43)ccc21. The van der Waals surface area contributed by atoms with Crippen molar-refractivity contribution >= 4 is 33.2 Å². The van der Waals surface area contributed by atoms with Crippen LogP contribution >= 0.6 is 0 Å². The average molecular weight is 833 g/mol. The number of para-hydroxylation sites is 1. The highest BCUT2D eigenvalue weighted by Crippen LogP contribution is 2.49. The highest BCUT2D eigenvalue weighted by atomic mass is 15.1. The van der Waals surface area contributed by atoms with Gasteiger partial charge < -0.3 is 9.47 Å². The number of hydrogen-bond donors (Lipinski definition) is 0. The molecule has 0 bridgehead atoms. The van der Waals surface area contributed by atoms with E-state index in [2.05, 4.69) is 260 Å². The number of fused-ring (bicyclic) bond motifs is 6. The lowest BCUT2D eigenvalue weighted by Crippen LogP contribution is -2.17. The number of rotatable bonds is 8. The summed E-state index contributed by atoms with van der Waals surface area (Å²) in [5.74, 6) is 0.368. The second-order valence-corrected chi connectivity index (χ2v) is 18.1. The molecule has 65 heavy (non-hydrogen) atoms. The van der Waals surface area contributed by atoms with Crippen molar-refractivity contribution in [3.05, 3.63) is 259 Å². The van der Waals surface area contributed by atoms with E-state index in [-0.39, 0.29) is 5.41 Å². The Balaban J connectivity index is 0.873. The molecule has 2 nitrogen and oxygen atoms in total. The van der Waals surface area contributed by atoms with E-state index in [0.29, 0.717) is 5.92 Å². The first-order valence-corrected chi connectivity index (χ1v) is 22.9. The van der Waals surface area contributed by atoms with E-state index in [4.69, 9.17) is 0 Å². The molecule has 2 aliphatic rings. The number of allylic oxidation sites excluding steroid dienone is 3. The molecule has 1 aromatic heterocycles. The maximum atomic E-state index is 2.45. The van der Waals surface area contributed by atoms with Gasteiger partial charge in [-0.15, -0.1) is 0 Å². The summed E-state index contributed by atoms with van der Waals surface area (Å²) >= 11 is 0. The molecule has 9 aromatic carbocycles. The zero-order valence-electron chi connectivity index (χ0n) is 36.7. The van der Waals surface area contributed by atoms with Gasteiger partial charge in [-0.3, -0.25) is 0 Å². The van der Waals surface area contributed by atoms with E-state index in [9.17, 15) is 0 Å². The second kappa shape index (κ2) is 15.7. The standard InChI is InChI=1S/C63H48N2/c1-63(2)59-22-11-9-20-55(59)57-42-54(37-38-60(57)63)65-61-23-12-10-21-56(61)58-41-50(30-39-62(58)65)49-19-13-18-48(40-49)47-28-35-53(36-29-47)64(51-31-24-45(25-32-51)43-14-5-3-6-15-43)52-33-26-46(27-34-52)44-16-7-4-8-17-44/h3-26,28-42,46H,27H2,1-2H3. The second-order valence-electron chi connectivity index (χ2n) is 18.1. The van der Waals surface area contributed by atoms with Gasteiger partial charge in [0.1, 0.15) is 0 Å². The van der Waals surface area contributed by atoms with Gasteiger partial charge in [0.05, 0.1) is 11.0 Å². The minimum atomic E-state index is -0.0231. The van der Waals surface area contributed by atoms with Crippen LogP contribution in [0.3, 0.4) is 0 Å². The fraction of sp³-hybridized carbons (Fsp3) is 0.0794. The van der Waals surface area contributed by atoms with Crippen molar-refractivity contribution < 1.29 is 0 Å². The summed E-state index contributed by atoms with van der Waals surface area (Å²) in [5, 5.41) is 2.52. The first-order chi connectivity index (χ1) is 32.0. The van der Waals surface area contributed by atoms with Crippen LogP contribution in [-0.2, 0) is 5.41 Å². The van der Waals surface area contributed by atoms with Crippen molar-refractivity contribution in [2.24, 2.45) is 0 Å². The Bertz CT molecular complexity index is 3460. The molecule has 0 fully saturated rings. The minimum Gasteiger partial charge on any atom is -0.311 e. The van der Waals surface area contributed by atoms with Crippen molar-refractivity contribution in [1.82, 2.24) is 4.57 Å². The molecule has 0 saturated carbocycles. The molecule has 12 rings (SSSR count). The summed E-state index contributed by atoms with van der Waals surface area (Å²) in [4.78, 5) is 2.39. The van der Waals surface area contributed by atoms with Crippen molar-refractivity contribution in [3.63, 3.8) is 0 Å². The molecular formula is C63H48N2. The molecule has 2 heteroatoms. The van der Waals surface area contributed by atoms with Gasteiger partial charge in [-0.25, -0.2) is 0 Å². The lowest BCUT2D eigenvalue weighted by molar-refractivity contribution is 0.660. The van der Waals surface area contributed by atoms with Crippen LogP contribution < -0.4 is 4.90 Å².